The first-order chi connectivity index (χ1) is 8.75. The van der Waals surface area contributed by atoms with E-state index in [1.165, 1.54) is 6.07 Å². The smallest absolute Gasteiger partial charge is 0.277 e. The van der Waals surface area contributed by atoms with Crippen LogP contribution in [-0.2, 0) is 0 Å². The summed E-state index contributed by atoms with van der Waals surface area (Å²) in [6, 6.07) is 10.4. The summed E-state index contributed by atoms with van der Waals surface area (Å²) in [6.45, 7) is 1.65. The molecule has 0 radical (unpaired) electrons. The van der Waals surface area contributed by atoms with Crippen LogP contribution in [0.4, 0.5) is 5.69 Å². The molecule has 0 amide bonds. The molecule has 0 unspecified atom stereocenters. The predicted molar refractivity (Wildman–Crippen MR) is 67.9 cm³/mol. The van der Waals surface area contributed by atoms with E-state index in [0.29, 0.717) is 11.1 Å². The Morgan fingerprint density at radius 3 is 2.50 bits per heavy atom. The summed E-state index contributed by atoms with van der Waals surface area (Å²) in [7, 11) is 0. The zero-order chi connectivity index (χ0) is 12.5. The second kappa shape index (κ2) is 4.27. The Morgan fingerprint density at radius 2 is 1.89 bits per heavy atom. The molecule has 0 aliphatic carbocycles. The zero-order valence-electron chi connectivity index (χ0n) is 9.63. The van der Waals surface area contributed by atoms with Crippen LogP contribution in [0, 0.1) is 10.1 Å². The van der Waals surface area contributed by atoms with E-state index in [9.17, 15) is 10.1 Å². The van der Waals surface area contributed by atoms with Gasteiger partial charge in [0.25, 0.3) is 5.69 Å². The van der Waals surface area contributed by atoms with E-state index < -0.39 is 0 Å². The molecule has 1 N–H and O–H groups in total. The lowest BCUT2D eigenvalue weighted by Gasteiger charge is -2.28. The minimum atomic E-state index is -0.364. The summed E-state index contributed by atoms with van der Waals surface area (Å²) in [5, 5.41) is 15.5. The summed E-state index contributed by atoms with van der Waals surface area (Å²) < 4.78 is 5.81. The molecule has 3 rings (SSSR count). The highest BCUT2D eigenvalue weighted by molar-refractivity contribution is 5.95. The van der Waals surface area contributed by atoms with Crippen LogP contribution >= 0.6 is 0 Å². The van der Waals surface area contributed by atoms with Gasteiger partial charge in [-0.25, -0.2) is 0 Å². The van der Waals surface area contributed by atoms with Crippen molar-refractivity contribution in [3.63, 3.8) is 0 Å². The van der Waals surface area contributed by atoms with Gasteiger partial charge in [0, 0.05) is 24.5 Å². The maximum Gasteiger partial charge on any atom is 0.277 e. The molecule has 0 spiro atoms. The first-order valence-electron chi connectivity index (χ1n) is 5.79. The number of non-ortho nitro benzene ring substituents is 1. The van der Waals surface area contributed by atoms with Gasteiger partial charge in [-0.3, -0.25) is 10.1 Å². The van der Waals surface area contributed by atoms with E-state index >= 15 is 0 Å². The van der Waals surface area contributed by atoms with Crippen LogP contribution in [-0.4, -0.2) is 24.1 Å². The summed E-state index contributed by atoms with van der Waals surface area (Å²) >= 11 is 0. The lowest BCUT2D eigenvalue weighted by atomic mass is 10.1. The molecule has 1 aliphatic heterocycles. The Hall–Kier alpha value is -2.14. The third-order valence-electron chi connectivity index (χ3n) is 3.10. The summed E-state index contributed by atoms with van der Waals surface area (Å²) in [6.07, 6.45) is 0.162. The van der Waals surface area contributed by atoms with Gasteiger partial charge in [0.15, 0.2) is 0 Å². The Kier molecular flexibility index (Phi) is 2.60. The molecule has 1 heterocycles. The number of nitrogens with zero attached hydrogens (tertiary/aromatic N) is 1. The van der Waals surface area contributed by atoms with Crippen molar-refractivity contribution < 1.29 is 9.66 Å². The number of hydrogen-bond donors (Lipinski definition) is 1. The predicted octanol–water partition coefficient (Wildman–Crippen LogP) is 2.10. The molecule has 1 fully saturated rings. The van der Waals surface area contributed by atoms with E-state index in [4.69, 9.17) is 4.74 Å². The molecule has 0 atom stereocenters. The number of fused-ring (bicyclic) bond motifs is 1. The van der Waals surface area contributed by atoms with Crippen LogP contribution in [0.2, 0.25) is 0 Å². The summed E-state index contributed by atoms with van der Waals surface area (Å²) in [5.74, 6) is 0.711. The average molecular weight is 244 g/mol. The van der Waals surface area contributed by atoms with E-state index in [2.05, 4.69) is 5.32 Å². The number of nitro benzene ring substituents is 1. The molecular weight excluding hydrogens is 232 g/mol. The maximum atomic E-state index is 11.0. The highest BCUT2D eigenvalue weighted by Crippen LogP contribution is 2.33. The Balaban J connectivity index is 2.10. The van der Waals surface area contributed by atoms with E-state index in [1.54, 1.807) is 18.2 Å². The van der Waals surface area contributed by atoms with E-state index in [1.807, 2.05) is 12.1 Å². The van der Waals surface area contributed by atoms with Gasteiger partial charge in [-0.15, -0.1) is 0 Å². The van der Waals surface area contributed by atoms with E-state index in [-0.39, 0.29) is 16.7 Å². The molecule has 0 bridgehead atoms. The highest BCUT2D eigenvalue weighted by atomic mass is 16.6. The molecular formula is C13H12N2O3. The van der Waals surface area contributed by atoms with Crippen molar-refractivity contribution in [3.8, 4) is 5.75 Å². The number of ether oxygens (including phenoxy) is 1. The number of nitrogens with one attached hydrogen (secondary N) is 1. The lowest BCUT2D eigenvalue weighted by Crippen LogP contribution is -2.50. The Labute approximate surface area is 104 Å². The van der Waals surface area contributed by atoms with Gasteiger partial charge in [-0.2, -0.15) is 0 Å². The molecule has 2 aromatic carbocycles. The van der Waals surface area contributed by atoms with Crippen molar-refractivity contribution in [1.82, 2.24) is 5.32 Å². The van der Waals surface area contributed by atoms with Crippen molar-refractivity contribution in [2.45, 2.75) is 6.10 Å². The third-order valence-corrected chi connectivity index (χ3v) is 3.10. The molecule has 18 heavy (non-hydrogen) atoms. The van der Waals surface area contributed by atoms with Gasteiger partial charge < -0.3 is 10.1 Å². The molecule has 1 aliphatic rings. The normalized spacial score (nSPS) is 15.3. The minimum absolute atomic E-state index is 0.115. The molecule has 5 heteroatoms. The van der Waals surface area contributed by atoms with Crippen LogP contribution in [0.5, 0.6) is 5.75 Å². The third kappa shape index (κ3) is 1.78. The van der Waals surface area contributed by atoms with Crippen LogP contribution in [0.1, 0.15) is 0 Å². The van der Waals surface area contributed by atoms with Crippen molar-refractivity contribution >= 4 is 16.5 Å². The fourth-order valence-corrected chi connectivity index (χ4v) is 2.04. The number of benzene rings is 2. The Morgan fingerprint density at radius 1 is 1.17 bits per heavy atom. The Bertz CT molecular complexity index is 608. The molecule has 0 saturated carbocycles. The fraction of sp³-hybridized carbons (Fsp3) is 0.231. The minimum Gasteiger partial charge on any atom is -0.487 e. The van der Waals surface area contributed by atoms with Gasteiger partial charge in [0.2, 0.25) is 0 Å². The van der Waals surface area contributed by atoms with Crippen molar-refractivity contribution in [2.24, 2.45) is 0 Å². The van der Waals surface area contributed by atoms with Crippen LogP contribution < -0.4 is 10.1 Å². The van der Waals surface area contributed by atoms with Crippen LogP contribution in [0.15, 0.2) is 36.4 Å². The van der Waals surface area contributed by atoms with Gasteiger partial charge in [0.1, 0.15) is 11.9 Å². The monoisotopic (exact) mass is 244 g/mol. The standard InChI is InChI=1S/C13H12N2O3/c16-15(17)12-5-6-13(18-9-7-14-8-9)11-4-2-1-3-10(11)12/h1-6,9,14H,7-8H2. The number of nitro groups is 1. The van der Waals surface area contributed by atoms with Gasteiger partial charge in [-0.1, -0.05) is 18.2 Å². The van der Waals surface area contributed by atoms with Crippen LogP contribution in [0.25, 0.3) is 10.8 Å². The topological polar surface area (TPSA) is 64.4 Å². The summed E-state index contributed by atoms with van der Waals surface area (Å²) in [5.41, 5.74) is 0.115. The van der Waals surface area contributed by atoms with Crippen LogP contribution in [0.3, 0.4) is 0 Å². The molecule has 5 nitrogen and oxygen atoms in total. The lowest BCUT2D eigenvalue weighted by molar-refractivity contribution is -0.383. The van der Waals surface area contributed by atoms with Gasteiger partial charge in [-0.05, 0) is 12.1 Å². The molecule has 2 aromatic rings. The van der Waals surface area contributed by atoms with Crippen molar-refractivity contribution in [1.29, 1.82) is 0 Å². The highest BCUT2D eigenvalue weighted by Gasteiger charge is 2.21. The first-order valence-corrected chi connectivity index (χ1v) is 5.79. The SMILES string of the molecule is O=[N+]([O-])c1ccc(OC2CNC2)c2ccccc12. The zero-order valence-corrected chi connectivity index (χ0v) is 9.63. The fourth-order valence-electron chi connectivity index (χ4n) is 2.04. The quantitative estimate of drug-likeness (QED) is 0.663. The van der Waals surface area contributed by atoms with E-state index in [0.717, 1.165) is 18.5 Å². The molecule has 92 valence electrons. The van der Waals surface area contributed by atoms with Crippen molar-refractivity contribution in [2.75, 3.05) is 13.1 Å². The molecule has 1 saturated heterocycles. The molecule has 0 aromatic heterocycles. The largest absolute Gasteiger partial charge is 0.487 e. The summed E-state index contributed by atoms with van der Waals surface area (Å²) in [4.78, 5) is 10.6. The second-order valence-electron chi connectivity index (χ2n) is 4.28. The van der Waals surface area contributed by atoms with Gasteiger partial charge >= 0.3 is 0 Å². The maximum absolute atomic E-state index is 11.0. The van der Waals surface area contributed by atoms with Gasteiger partial charge in [0.05, 0.1) is 10.3 Å². The number of hydrogen-bond acceptors (Lipinski definition) is 4. The van der Waals surface area contributed by atoms with Crippen molar-refractivity contribution in [3.05, 3.63) is 46.5 Å². The number of rotatable bonds is 3. The second-order valence-corrected chi connectivity index (χ2v) is 4.28. The first kappa shape index (κ1) is 11.0. The average Bonchev–Trinajstić information content (AvgIpc) is 2.33.